The van der Waals surface area contributed by atoms with Gasteiger partial charge in [0, 0.05) is 42.8 Å². The van der Waals surface area contributed by atoms with E-state index in [1.54, 1.807) is 23.4 Å². The van der Waals surface area contributed by atoms with Gasteiger partial charge in [0.1, 0.15) is 17.3 Å². The third kappa shape index (κ3) is 4.25. The number of likely N-dealkylation sites (tertiary alicyclic amines) is 1. The fourth-order valence-electron chi connectivity index (χ4n) is 3.51. The molecule has 29 heavy (non-hydrogen) atoms. The molecule has 0 unspecified atom stereocenters. The standard InChI is InChI=1S/C23H21N5O/c24-14-20(23(29)27-11-4-5-12-27)13-21-17-28(16-18-7-2-1-3-8-18)26-22(21)19-9-6-10-25-15-19/h1-3,6-10,13,15,17H,4-5,11-12,16H2/b20-13+. The number of hydrogen-bond acceptors (Lipinski definition) is 4. The molecule has 144 valence electrons. The molecule has 6 heteroatoms. The van der Waals surface area contributed by atoms with Crippen LogP contribution < -0.4 is 0 Å². The molecule has 0 atom stereocenters. The second-order valence-corrected chi connectivity index (χ2v) is 7.03. The highest BCUT2D eigenvalue weighted by molar-refractivity contribution is 6.02. The number of benzene rings is 1. The third-order valence-electron chi connectivity index (χ3n) is 4.96. The minimum absolute atomic E-state index is 0.135. The Hall–Kier alpha value is -3.72. The van der Waals surface area contributed by atoms with E-state index in [1.807, 2.05) is 53.3 Å². The van der Waals surface area contributed by atoms with Gasteiger partial charge in [-0.1, -0.05) is 30.3 Å². The van der Waals surface area contributed by atoms with Crippen molar-refractivity contribution in [1.29, 1.82) is 5.26 Å². The molecule has 0 saturated carbocycles. The van der Waals surface area contributed by atoms with Crippen LogP contribution in [0.4, 0.5) is 0 Å². The highest BCUT2D eigenvalue weighted by Gasteiger charge is 2.22. The molecule has 6 nitrogen and oxygen atoms in total. The molecular formula is C23H21N5O. The summed E-state index contributed by atoms with van der Waals surface area (Å²) < 4.78 is 1.83. The third-order valence-corrected chi connectivity index (χ3v) is 4.96. The number of carbonyl (C=O) groups is 1. The first kappa shape index (κ1) is 18.6. The Labute approximate surface area is 169 Å². The quantitative estimate of drug-likeness (QED) is 0.499. The smallest absolute Gasteiger partial charge is 0.264 e. The first-order valence-electron chi connectivity index (χ1n) is 9.67. The molecule has 1 amide bonds. The molecule has 0 bridgehead atoms. The van der Waals surface area contributed by atoms with Crippen LogP contribution in [0.2, 0.25) is 0 Å². The van der Waals surface area contributed by atoms with Gasteiger partial charge in [-0.05, 0) is 36.6 Å². The normalized spacial score (nSPS) is 14.0. The van der Waals surface area contributed by atoms with Crippen LogP contribution in [0, 0.1) is 11.3 Å². The van der Waals surface area contributed by atoms with Crippen LogP contribution in [0.3, 0.4) is 0 Å². The number of hydrogen-bond donors (Lipinski definition) is 0. The Morgan fingerprint density at radius 3 is 2.62 bits per heavy atom. The highest BCUT2D eigenvalue weighted by Crippen LogP contribution is 2.25. The van der Waals surface area contributed by atoms with Crippen molar-refractivity contribution in [3.8, 4) is 17.3 Å². The predicted octanol–water partition coefficient (Wildman–Crippen LogP) is 3.52. The fraction of sp³-hybridized carbons (Fsp3) is 0.217. The molecule has 0 N–H and O–H groups in total. The SMILES string of the molecule is N#C/C(=C\c1cn(Cc2ccccc2)nc1-c1cccnc1)C(=O)N1CCCC1. The molecule has 1 aliphatic rings. The van der Waals surface area contributed by atoms with Crippen molar-refractivity contribution in [3.05, 3.63) is 77.8 Å². The van der Waals surface area contributed by atoms with Crippen molar-refractivity contribution in [3.63, 3.8) is 0 Å². The maximum atomic E-state index is 12.7. The Kier molecular flexibility index (Phi) is 5.48. The summed E-state index contributed by atoms with van der Waals surface area (Å²) >= 11 is 0. The van der Waals surface area contributed by atoms with Gasteiger partial charge < -0.3 is 4.90 Å². The lowest BCUT2D eigenvalue weighted by Crippen LogP contribution is -2.28. The molecule has 3 heterocycles. The second kappa shape index (κ2) is 8.53. The van der Waals surface area contributed by atoms with E-state index in [4.69, 9.17) is 5.10 Å². The van der Waals surface area contributed by atoms with Crippen LogP contribution in [0.5, 0.6) is 0 Å². The van der Waals surface area contributed by atoms with Crippen molar-refractivity contribution in [2.75, 3.05) is 13.1 Å². The number of pyridine rings is 1. The maximum Gasteiger partial charge on any atom is 0.264 e. The number of carbonyl (C=O) groups excluding carboxylic acids is 1. The van der Waals surface area contributed by atoms with Crippen LogP contribution in [-0.2, 0) is 11.3 Å². The van der Waals surface area contributed by atoms with Crippen molar-refractivity contribution in [1.82, 2.24) is 19.7 Å². The first-order chi connectivity index (χ1) is 14.2. The van der Waals surface area contributed by atoms with Crippen molar-refractivity contribution in [2.24, 2.45) is 0 Å². The number of amides is 1. The van der Waals surface area contributed by atoms with Gasteiger partial charge in [0.25, 0.3) is 5.91 Å². The summed E-state index contributed by atoms with van der Waals surface area (Å²) in [5, 5.41) is 14.3. The Morgan fingerprint density at radius 1 is 1.14 bits per heavy atom. The zero-order valence-corrected chi connectivity index (χ0v) is 16.0. The molecule has 0 radical (unpaired) electrons. The van der Waals surface area contributed by atoms with Gasteiger partial charge in [0.15, 0.2) is 0 Å². The summed E-state index contributed by atoms with van der Waals surface area (Å²) in [4.78, 5) is 18.6. The molecule has 1 aromatic carbocycles. The van der Waals surface area contributed by atoms with E-state index in [1.165, 1.54) is 0 Å². The highest BCUT2D eigenvalue weighted by atomic mass is 16.2. The summed E-state index contributed by atoms with van der Waals surface area (Å²) in [6, 6.07) is 15.9. The summed E-state index contributed by atoms with van der Waals surface area (Å²) in [5.41, 5.74) is 3.54. The second-order valence-electron chi connectivity index (χ2n) is 7.03. The predicted molar refractivity (Wildman–Crippen MR) is 110 cm³/mol. The maximum absolute atomic E-state index is 12.7. The van der Waals surface area contributed by atoms with Gasteiger partial charge in [-0.3, -0.25) is 14.5 Å². The summed E-state index contributed by atoms with van der Waals surface area (Å²) in [5.74, 6) is -0.210. The lowest BCUT2D eigenvalue weighted by Gasteiger charge is -2.13. The van der Waals surface area contributed by atoms with Crippen molar-refractivity contribution >= 4 is 12.0 Å². The number of aromatic nitrogens is 3. The van der Waals surface area contributed by atoms with Crippen LogP contribution >= 0.6 is 0 Å². The van der Waals surface area contributed by atoms with Crippen LogP contribution in [0.25, 0.3) is 17.3 Å². The van der Waals surface area contributed by atoms with E-state index in [0.717, 1.165) is 29.5 Å². The van der Waals surface area contributed by atoms with Gasteiger partial charge in [-0.2, -0.15) is 10.4 Å². The molecule has 1 aliphatic heterocycles. The topological polar surface area (TPSA) is 74.8 Å². The summed E-state index contributed by atoms with van der Waals surface area (Å²) in [6.07, 6.45) is 8.95. The van der Waals surface area contributed by atoms with Gasteiger partial charge in [-0.15, -0.1) is 0 Å². The zero-order chi connectivity index (χ0) is 20.1. The molecule has 4 rings (SSSR count). The van der Waals surface area contributed by atoms with E-state index in [-0.39, 0.29) is 11.5 Å². The fourth-order valence-corrected chi connectivity index (χ4v) is 3.51. The van der Waals surface area contributed by atoms with Crippen LogP contribution in [0.15, 0.2) is 66.6 Å². The van der Waals surface area contributed by atoms with Gasteiger partial charge in [-0.25, -0.2) is 0 Å². The molecule has 2 aromatic heterocycles. The number of rotatable bonds is 5. The molecule has 1 fully saturated rings. The minimum atomic E-state index is -0.210. The number of nitriles is 1. The monoisotopic (exact) mass is 383 g/mol. The van der Waals surface area contributed by atoms with E-state index >= 15 is 0 Å². The average molecular weight is 383 g/mol. The van der Waals surface area contributed by atoms with E-state index < -0.39 is 0 Å². The van der Waals surface area contributed by atoms with E-state index in [2.05, 4.69) is 11.1 Å². The molecular weight excluding hydrogens is 362 g/mol. The molecule has 1 saturated heterocycles. The lowest BCUT2D eigenvalue weighted by molar-refractivity contribution is -0.125. The Bertz CT molecular complexity index is 1060. The molecule has 3 aromatic rings. The molecule has 0 spiro atoms. The van der Waals surface area contributed by atoms with Gasteiger partial charge in [0.05, 0.1) is 6.54 Å². The lowest BCUT2D eigenvalue weighted by atomic mass is 10.1. The molecule has 0 aliphatic carbocycles. The van der Waals surface area contributed by atoms with E-state index in [9.17, 15) is 10.1 Å². The largest absolute Gasteiger partial charge is 0.338 e. The Morgan fingerprint density at radius 2 is 1.93 bits per heavy atom. The minimum Gasteiger partial charge on any atom is -0.338 e. The van der Waals surface area contributed by atoms with Crippen LogP contribution in [0.1, 0.15) is 24.0 Å². The zero-order valence-electron chi connectivity index (χ0n) is 16.0. The Balaban J connectivity index is 1.72. The van der Waals surface area contributed by atoms with Gasteiger partial charge >= 0.3 is 0 Å². The van der Waals surface area contributed by atoms with E-state index in [0.29, 0.717) is 25.3 Å². The van der Waals surface area contributed by atoms with Crippen molar-refractivity contribution < 1.29 is 4.79 Å². The first-order valence-corrected chi connectivity index (χ1v) is 9.67. The van der Waals surface area contributed by atoms with Crippen LogP contribution in [-0.4, -0.2) is 38.7 Å². The summed E-state index contributed by atoms with van der Waals surface area (Å²) in [6.45, 7) is 2.02. The van der Waals surface area contributed by atoms with Gasteiger partial charge in [0.2, 0.25) is 0 Å². The summed E-state index contributed by atoms with van der Waals surface area (Å²) in [7, 11) is 0. The number of nitrogens with zero attached hydrogens (tertiary/aromatic N) is 5. The van der Waals surface area contributed by atoms with Crippen molar-refractivity contribution in [2.45, 2.75) is 19.4 Å². The average Bonchev–Trinajstić information content (AvgIpc) is 3.43.